The average molecular weight is 663 g/mol. The fourth-order valence-corrected chi connectivity index (χ4v) is 10.9. The van der Waals surface area contributed by atoms with Gasteiger partial charge in [0.05, 0.1) is 18.1 Å². The molecule has 4 fully saturated rings. The maximum Gasteiger partial charge on any atom is 0.391 e. The van der Waals surface area contributed by atoms with Crippen LogP contribution in [0.5, 0.6) is 0 Å². The van der Waals surface area contributed by atoms with Crippen LogP contribution >= 0.6 is 0 Å². The quantitative estimate of drug-likeness (QED) is 0.171. The van der Waals surface area contributed by atoms with E-state index in [2.05, 4.69) is 26.8 Å². The van der Waals surface area contributed by atoms with E-state index in [-0.39, 0.29) is 37.0 Å². The van der Waals surface area contributed by atoms with Gasteiger partial charge in [-0.25, -0.2) is 0 Å². The molecule has 0 aromatic carbocycles. The topological polar surface area (TPSA) is 65.7 Å². The van der Waals surface area contributed by atoms with Crippen molar-refractivity contribution in [3.05, 3.63) is 11.6 Å². The van der Waals surface area contributed by atoms with Gasteiger partial charge in [0.25, 0.3) is 0 Å². The smallest absolute Gasteiger partial charge is 0.391 e. The summed E-state index contributed by atoms with van der Waals surface area (Å²) in [5.41, 5.74) is 2.88. The van der Waals surface area contributed by atoms with E-state index >= 15 is 0 Å². The second kappa shape index (κ2) is 16.2. The molecule has 47 heavy (non-hydrogen) atoms. The molecule has 1 saturated heterocycles. The van der Waals surface area contributed by atoms with E-state index in [1.54, 1.807) is 0 Å². The Morgan fingerprint density at radius 1 is 0.957 bits per heavy atom. The van der Waals surface area contributed by atoms with Crippen molar-refractivity contribution in [3.8, 4) is 0 Å². The van der Waals surface area contributed by atoms with Gasteiger partial charge >= 0.3 is 6.18 Å². The molecule has 2 N–H and O–H groups in total. The number of halogens is 3. The number of allylic oxidation sites excluding steroid dienone is 2. The van der Waals surface area contributed by atoms with Gasteiger partial charge in [0.15, 0.2) is 0 Å². The first-order valence-electron chi connectivity index (χ1n) is 19.4. The molecule has 4 nitrogen and oxygen atoms in total. The Morgan fingerprint density at radius 2 is 1.70 bits per heavy atom. The molecule has 3 saturated carbocycles. The first kappa shape index (κ1) is 37.1. The summed E-state index contributed by atoms with van der Waals surface area (Å²) in [5, 5.41) is 20.7. The number of hydrogen-bond acceptors (Lipinski definition) is 4. The van der Waals surface area contributed by atoms with Crippen molar-refractivity contribution in [1.82, 2.24) is 0 Å². The van der Waals surface area contributed by atoms with Crippen LogP contribution in [0.25, 0.3) is 0 Å². The summed E-state index contributed by atoms with van der Waals surface area (Å²) < 4.78 is 48.1. The lowest BCUT2D eigenvalue weighted by atomic mass is 9.62. The van der Waals surface area contributed by atoms with E-state index in [1.807, 2.05) is 13.8 Å². The lowest BCUT2D eigenvalue weighted by Crippen LogP contribution is -2.42. The first-order valence-corrected chi connectivity index (χ1v) is 19.4. The molecule has 3 aliphatic carbocycles. The zero-order chi connectivity index (χ0) is 33.9. The molecule has 12 atom stereocenters. The molecule has 0 spiro atoms. The minimum Gasteiger partial charge on any atom is -0.392 e. The molecule has 7 heteroatoms. The SMILES string of the molecule is CCC(CC=C(C)C)C1CC(C(=N)CC(O)C2CCC(C)C(C3N=C(C)C4CCC(CC5CCOCC5)CC43)C2)CC(C(F)(F)F)C1. The van der Waals surface area contributed by atoms with Gasteiger partial charge in [0.1, 0.15) is 0 Å². The Labute approximate surface area is 283 Å². The molecule has 5 rings (SSSR count). The van der Waals surface area contributed by atoms with Gasteiger partial charge in [-0.2, -0.15) is 13.2 Å². The molecule has 0 amide bonds. The molecule has 5 aliphatic rings. The van der Waals surface area contributed by atoms with Crippen LogP contribution in [-0.4, -0.2) is 48.1 Å². The number of aliphatic hydroxyl groups is 1. The monoisotopic (exact) mass is 662 g/mol. The lowest BCUT2D eigenvalue weighted by Gasteiger charge is -2.44. The van der Waals surface area contributed by atoms with Crippen molar-refractivity contribution in [1.29, 1.82) is 5.41 Å². The number of aliphatic hydroxyl groups excluding tert-OH is 1. The van der Waals surface area contributed by atoms with Crippen LogP contribution in [0.2, 0.25) is 0 Å². The predicted molar refractivity (Wildman–Crippen MR) is 186 cm³/mol. The van der Waals surface area contributed by atoms with E-state index in [4.69, 9.17) is 15.1 Å². The van der Waals surface area contributed by atoms with Crippen molar-refractivity contribution < 1.29 is 23.0 Å². The molecule has 0 aromatic heterocycles. The van der Waals surface area contributed by atoms with Crippen molar-refractivity contribution in [3.63, 3.8) is 0 Å². The maximum atomic E-state index is 14.2. The average Bonchev–Trinajstić information content (AvgIpc) is 3.36. The summed E-state index contributed by atoms with van der Waals surface area (Å²) in [6.45, 7) is 12.6. The molecule has 12 unspecified atom stereocenters. The van der Waals surface area contributed by atoms with Crippen LogP contribution in [0.4, 0.5) is 13.2 Å². The number of alkyl halides is 3. The van der Waals surface area contributed by atoms with Crippen LogP contribution in [0, 0.1) is 70.5 Å². The normalized spacial score (nSPS) is 38.3. The van der Waals surface area contributed by atoms with Crippen LogP contribution in [0.15, 0.2) is 16.6 Å². The number of ether oxygens (including phenoxy) is 1. The number of nitrogens with one attached hydrogen (secondary N) is 1. The van der Waals surface area contributed by atoms with Crippen molar-refractivity contribution in [2.75, 3.05) is 13.2 Å². The molecule has 2 aliphatic heterocycles. The Hall–Kier alpha value is -1.21. The molecule has 0 radical (unpaired) electrons. The summed E-state index contributed by atoms with van der Waals surface area (Å²) in [5.74, 6) is 2.25. The van der Waals surface area contributed by atoms with Crippen LogP contribution in [0.1, 0.15) is 131 Å². The number of aliphatic imine (C=N–C) groups is 1. The Morgan fingerprint density at radius 3 is 2.38 bits per heavy atom. The third-order valence-electron chi connectivity index (χ3n) is 13.8. The van der Waals surface area contributed by atoms with Gasteiger partial charge in [-0.1, -0.05) is 38.3 Å². The number of rotatable bonds is 11. The van der Waals surface area contributed by atoms with Gasteiger partial charge in [-0.3, -0.25) is 4.99 Å². The molecule has 2 heterocycles. The van der Waals surface area contributed by atoms with Gasteiger partial charge < -0.3 is 15.3 Å². The lowest BCUT2D eigenvalue weighted by molar-refractivity contribution is -0.189. The molecular weight excluding hydrogens is 597 g/mol. The minimum atomic E-state index is -4.24. The highest BCUT2D eigenvalue weighted by molar-refractivity contribution is 5.87. The maximum absolute atomic E-state index is 14.2. The van der Waals surface area contributed by atoms with Gasteiger partial charge in [-0.15, -0.1) is 0 Å². The Balaban J connectivity index is 1.21. The zero-order valence-corrected chi connectivity index (χ0v) is 30.0. The van der Waals surface area contributed by atoms with E-state index in [9.17, 15) is 18.3 Å². The molecular formula is C40H65F3N2O2. The predicted octanol–water partition coefficient (Wildman–Crippen LogP) is 10.5. The fourth-order valence-electron chi connectivity index (χ4n) is 10.9. The Bertz CT molecular complexity index is 1090. The van der Waals surface area contributed by atoms with Crippen molar-refractivity contribution in [2.24, 2.45) is 70.1 Å². The van der Waals surface area contributed by atoms with Crippen molar-refractivity contribution >= 4 is 11.4 Å². The van der Waals surface area contributed by atoms with Crippen molar-refractivity contribution in [2.45, 2.75) is 149 Å². The summed E-state index contributed by atoms with van der Waals surface area (Å²) in [6.07, 6.45) is 10.4. The van der Waals surface area contributed by atoms with Crippen LogP contribution in [-0.2, 0) is 4.74 Å². The highest BCUT2D eigenvalue weighted by Gasteiger charge is 2.49. The number of hydrogen-bond donors (Lipinski definition) is 2. The number of fused-ring (bicyclic) bond motifs is 1. The standard InChI is InChI=1S/C40H65F3N2O2/c1-6-29(10-7-24(2)3)31-19-32(21-33(20-31)40(41,42)43)37(44)23-38(46)30-11-8-25(4)35(22-30)39-36-18-28(9-12-34(36)26(5)45-39)17-27-13-15-47-16-14-27/h7,25,27-36,38-39,44,46H,6,8-23H2,1-5H3. The van der Waals surface area contributed by atoms with E-state index < -0.39 is 24.1 Å². The molecule has 0 bridgehead atoms. The van der Waals surface area contributed by atoms with E-state index in [0.717, 1.165) is 57.2 Å². The van der Waals surface area contributed by atoms with E-state index in [0.29, 0.717) is 41.8 Å². The summed E-state index contributed by atoms with van der Waals surface area (Å²) in [4.78, 5) is 5.37. The van der Waals surface area contributed by atoms with Gasteiger partial charge in [-0.05, 0) is 151 Å². The highest BCUT2D eigenvalue weighted by Crippen LogP contribution is 2.51. The fraction of sp³-hybridized carbons (Fsp3) is 0.900. The summed E-state index contributed by atoms with van der Waals surface area (Å²) in [6, 6.07) is 0.320. The Kier molecular flexibility index (Phi) is 12.8. The highest BCUT2D eigenvalue weighted by atomic mass is 19.4. The van der Waals surface area contributed by atoms with E-state index in [1.165, 1.54) is 49.8 Å². The van der Waals surface area contributed by atoms with Crippen LogP contribution in [0.3, 0.4) is 0 Å². The summed E-state index contributed by atoms with van der Waals surface area (Å²) >= 11 is 0. The summed E-state index contributed by atoms with van der Waals surface area (Å²) in [7, 11) is 0. The first-order chi connectivity index (χ1) is 22.3. The third kappa shape index (κ3) is 9.32. The number of nitrogens with zero attached hydrogens (tertiary/aromatic N) is 1. The molecule has 0 aromatic rings. The largest absolute Gasteiger partial charge is 0.392 e. The van der Waals surface area contributed by atoms with Gasteiger partial charge in [0.2, 0.25) is 0 Å². The minimum absolute atomic E-state index is 0.00312. The second-order valence-electron chi connectivity index (χ2n) is 17.1. The van der Waals surface area contributed by atoms with Crippen LogP contribution < -0.4 is 0 Å². The zero-order valence-electron chi connectivity index (χ0n) is 30.0. The third-order valence-corrected chi connectivity index (χ3v) is 13.8. The second-order valence-corrected chi connectivity index (χ2v) is 17.1. The van der Waals surface area contributed by atoms with Gasteiger partial charge in [0, 0.05) is 37.0 Å². The molecule has 268 valence electrons.